The Balaban J connectivity index is 0.00000176. The van der Waals surface area contributed by atoms with Crippen molar-refractivity contribution in [2.24, 2.45) is 0 Å². The van der Waals surface area contributed by atoms with Crippen LogP contribution in [0.5, 0.6) is 0 Å². The first-order chi connectivity index (χ1) is 9.97. The summed E-state index contributed by atoms with van der Waals surface area (Å²) in [6.45, 7) is 1.64. The van der Waals surface area contributed by atoms with Crippen LogP contribution in [0.15, 0.2) is 18.2 Å². The second-order valence-electron chi connectivity index (χ2n) is 5.71. The third kappa shape index (κ3) is 3.71. The zero-order valence-electron chi connectivity index (χ0n) is 12.0. The molecule has 2 saturated heterocycles. The molecule has 1 aromatic rings. The van der Waals surface area contributed by atoms with Gasteiger partial charge in [-0.2, -0.15) is 4.31 Å². The van der Waals surface area contributed by atoms with Gasteiger partial charge in [0.15, 0.2) is 0 Å². The van der Waals surface area contributed by atoms with Gasteiger partial charge in [0.25, 0.3) is 0 Å². The first-order valence-electron chi connectivity index (χ1n) is 7.13. The summed E-state index contributed by atoms with van der Waals surface area (Å²) >= 11 is 11.9. The molecule has 22 heavy (non-hydrogen) atoms. The third-order valence-corrected chi connectivity index (χ3v) is 6.92. The van der Waals surface area contributed by atoms with E-state index in [0.29, 0.717) is 15.6 Å². The minimum absolute atomic E-state index is 0. The van der Waals surface area contributed by atoms with Gasteiger partial charge in [0.05, 0.1) is 15.8 Å². The lowest BCUT2D eigenvalue weighted by Gasteiger charge is -2.27. The molecule has 2 unspecified atom stereocenters. The molecule has 8 heteroatoms. The molecule has 0 radical (unpaired) electrons. The van der Waals surface area contributed by atoms with Gasteiger partial charge in [-0.1, -0.05) is 29.3 Å². The fourth-order valence-corrected chi connectivity index (χ4v) is 5.68. The van der Waals surface area contributed by atoms with Crippen molar-refractivity contribution in [2.45, 2.75) is 37.1 Å². The van der Waals surface area contributed by atoms with Crippen molar-refractivity contribution in [3.63, 3.8) is 0 Å². The van der Waals surface area contributed by atoms with Crippen LogP contribution in [0.3, 0.4) is 0 Å². The molecule has 2 fully saturated rings. The molecule has 2 atom stereocenters. The minimum Gasteiger partial charge on any atom is -0.315 e. The van der Waals surface area contributed by atoms with Crippen LogP contribution in [0.2, 0.25) is 10.0 Å². The summed E-state index contributed by atoms with van der Waals surface area (Å²) in [7, 11) is -3.33. The van der Waals surface area contributed by atoms with Crippen LogP contribution in [0.1, 0.15) is 24.8 Å². The Kier molecular flexibility index (Phi) is 6.02. The van der Waals surface area contributed by atoms with Crippen LogP contribution in [-0.2, 0) is 15.8 Å². The van der Waals surface area contributed by atoms with Crippen molar-refractivity contribution < 1.29 is 8.42 Å². The summed E-state index contributed by atoms with van der Waals surface area (Å²) in [5.74, 6) is -0.0170. The molecule has 0 aromatic heterocycles. The van der Waals surface area contributed by atoms with Crippen LogP contribution in [-0.4, -0.2) is 37.9 Å². The van der Waals surface area contributed by atoms with E-state index in [2.05, 4.69) is 5.32 Å². The monoisotopic (exact) mass is 384 g/mol. The quantitative estimate of drug-likeness (QED) is 0.870. The topological polar surface area (TPSA) is 49.4 Å². The zero-order chi connectivity index (χ0) is 15.0. The fraction of sp³-hybridized carbons (Fsp3) is 0.571. The Morgan fingerprint density at radius 1 is 1.14 bits per heavy atom. The number of sulfonamides is 1. The first-order valence-corrected chi connectivity index (χ1v) is 9.50. The maximum atomic E-state index is 12.8. The normalized spacial score (nSPS) is 25.5. The van der Waals surface area contributed by atoms with Gasteiger partial charge < -0.3 is 5.32 Å². The Labute approximate surface area is 147 Å². The third-order valence-electron chi connectivity index (χ3n) is 4.24. The number of nitrogens with zero attached hydrogens (tertiary/aromatic N) is 1. The number of benzene rings is 1. The number of rotatable bonds is 3. The summed E-state index contributed by atoms with van der Waals surface area (Å²) in [4.78, 5) is 0. The van der Waals surface area contributed by atoms with Gasteiger partial charge in [0.1, 0.15) is 0 Å². The molecule has 2 bridgehead atoms. The minimum atomic E-state index is -3.33. The Hall–Kier alpha value is -0.0400. The number of fused-ring (bicyclic) bond motifs is 2. The van der Waals surface area contributed by atoms with Gasteiger partial charge in [0.2, 0.25) is 10.0 Å². The zero-order valence-corrected chi connectivity index (χ0v) is 15.1. The van der Waals surface area contributed by atoms with Gasteiger partial charge in [-0.05, 0) is 43.5 Å². The molecule has 2 aliphatic heterocycles. The average Bonchev–Trinajstić information content (AvgIpc) is 2.68. The van der Waals surface area contributed by atoms with Crippen molar-refractivity contribution in [1.29, 1.82) is 0 Å². The Morgan fingerprint density at radius 3 is 2.59 bits per heavy atom. The summed E-state index contributed by atoms with van der Waals surface area (Å²) in [5.41, 5.74) is 0.681. The van der Waals surface area contributed by atoms with Crippen LogP contribution in [0.25, 0.3) is 0 Å². The molecular formula is C14H19Cl3N2O2S. The summed E-state index contributed by atoms with van der Waals surface area (Å²) < 4.78 is 27.3. The largest absolute Gasteiger partial charge is 0.315 e. The van der Waals surface area contributed by atoms with Crippen molar-refractivity contribution in [1.82, 2.24) is 9.62 Å². The highest BCUT2D eigenvalue weighted by Crippen LogP contribution is 2.32. The van der Waals surface area contributed by atoms with E-state index in [-0.39, 0.29) is 30.2 Å². The molecule has 124 valence electrons. The summed E-state index contributed by atoms with van der Waals surface area (Å²) in [5, 5.41) is 4.15. The maximum Gasteiger partial charge on any atom is 0.218 e. The predicted octanol–water partition coefficient (Wildman–Crippen LogP) is 3.07. The molecule has 4 nitrogen and oxygen atoms in total. The van der Waals surface area contributed by atoms with Gasteiger partial charge in [-0.25, -0.2) is 8.42 Å². The van der Waals surface area contributed by atoms with E-state index in [0.717, 1.165) is 32.4 Å². The molecule has 0 spiro atoms. The van der Waals surface area contributed by atoms with Crippen LogP contribution in [0.4, 0.5) is 0 Å². The van der Waals surface area contributed by atoms with E-state index < -0.39 is 10.0 Å². The van der Waals surface area contributed by atoms with Crippen LogP contribution in [0, 0.1) is 0 Å². The molecular weight excluding hydrogens is 367 g/mol. The predicted molar refractivity (Wildman–Crippen MR) is 92.5 cm³/mol. The molecule has 0 saturated carbocycles. The van der Waals surface area contributed by atoms with Crippen molar-refractivity contribution in [2.75, 3.05) is 13.1 Å². The van der Waals surface area contributed by atoms with Crippen molar-refractivity contribution in [3.05, 3.63) is 33.8 Å². The smallest absolute Gasteiger partial charge is 0.218 e. The second-order valence-corrected chi connectivity index (χ2v) is 8.40. The standard InChI is InChI=1S/C14H18Cl2N2O2S.ClH/c15-13-4-1-10(7-14(13)16)9-21(19,20)18-11-2-3-12(18)8-17-6-5-11;/h1,4,7,11-12,17H,2-3,5-6,8-9H2;1H. The lowest BCUT2D eigenvalue weighted by Crippen LogP contribution is -2.43. The van der Waals surface area contributed by atoms with Crippen LogP contribution < -0.4 is 5.32 Å². The van der Waals surface area contributed by atoms with Crippen molar-refractivity contribution >= 4 is 45.6 Å². The molecule has 2 heterocycles. The van der Waals surface area contributed by atoms with Crippen molar-refractivity contribution in [3.8, 4) is 0 Å². The van der Waals surface area contributed by atoms with Gasteiger partial charge in [-0.3, -0.25) is 0 Å². The molecule has 0 aliphatic carbocycles. The van der Waals surface area contributed by atoms with E-state index in [1.54, 1.807) is 22.5 Å². The molecule has 3 rings (SSSR count). The molecule has 1 N–H and O–H groups in total. The van der Waals surface area contributed by atoms with E-state index in [4.69, 9.17) is 23.2 Å². The van der Waals surface area contributed by atoms with E-state index in [9.17, 15) is 8.42 Å². The summed E-state index contributed by atoms with van der Waals surface area (Å²) in [6.07, 6.45) is 2.79. The molecule has 1 aromatic carbocycles. The number of hydrogen-bond donors (Lipinski definition) is 1. The molecule has 0 amide bonds. The second kappa shape index (κ2) is 7.24. The van der Waals surface area contributed by atoms with Gasteiger partial charge in [-0.15, -0.1) is 12.4 Å². The fourth-order valence-electron chi connectivity index (χ4n) is 3.31. The maximum absolute atomic E-state index is 12.8. The lowest BCUT2D eigenvalue weighted by molar-refractivity contribution is 0.334. The first kappa shape index (κ1) is 18.3. The number of halogens is 3. The SMILES string of the molecule is Cl.O=S(=O)(Cc1ccc(Cl)c(Cl)c1)N1C2CCNCC1CC2. The highest BCUT2D eigenvalue weighted by Gasteiger charge is 2.42. The van der Waals surface area contributed by atoms with Crippen LogP contribution >= 0.6 is 35.6 Å². The highest BCUT2D eigenvalue weighted by atomic mass is 35.5. The summed E-state index contributed by atoms with van der Waals surface area (Å²) in [6, 6.07) is 5.24. The Morgan fingerprint density at radius 2 is 1.86 bits per heavy atom. The van der Waals surface area contributed by atoms with Gasteiger partial charge in [0, 0.05) is 18.6 Å². The van der Waals surface area contributed by atoms with E-state index in [1.165, 1.54) is 0 Å². The van der Waals surface area contributed by atoms with E-state index >= 15 is 0 Å². The van der Waals surface area contributed by atoms with Gasteiger partial charge >= 0.3 is 0 Å². The Bertz CT molecular complexity index is 625. The average molecular weight is 386 g/mol. The molecule has 2 aliphatic rings. The number of hydrogen-bond acceptors (Lipinski definition) is 3. The van der Waals surface area contributed by atoms with E-state index in [1.807, 2.05) is 0 Å². The lowest BCUT2D eigenvalue weighted by atomic mass is 10.1. The highest BCUT2D eigenvalue weighted by molar-refractivity contribution is 7.88. The number of nitrogens with one attached hydrogen (secondary N) is 1.